The number of unbranched alkanes of at least 4 members (excludes halogenated alkanes) is 1. The largest absolute Gasteiger partial charge is 0.465 e. The molecular weight excluding hydrogens is 384 g/mol. The SMILES string of the molecule is CCCCOC(=O)C1C(C)=NC2=C(C(=O)CC(C)(C)C2)[C@@H]1c1ccc([N+](=O)[O-])cc1. The summed E-state index contributed by atoms with van der Waals surface area (Å²) >= 11 is 0. The number of carbonyl (C=O) groups excluding carboxylic acids is 2. The lowest BCUT2D eigenvalue weighted by Gasteiger charge is -2.39. The Kier molecular flexibility index (Phi) is 6.19. The van der Waals surface area contributed by atoms with Gasteiger partial charge in [0.1, 0.15) is 5.92 Å². The van der Waals surface area contributed by atoms with Crippen molar-refractivity contribution in [3.8, 4) is 0 Å². The van der Waals surface area contributed by atoms with Crippen LogP contribution >= 0.6 is 0 Å². The van der Waals surface area contributed by atoms with Crippen LogP contribution in [0.2, 0.25) is 0 Å². The molecule has 7 heteroatoms. The van der Waals surface area contributed by atoms with Gasteiger partial charge in [0.05, 0.1) is 11.5 Å². The molecule has 0 saturated heterocycles. The third-order valence-corrected chi connectivity index (χ3v) is 5.76. The Morgan fingerprint density at radius 3 is 2.53 bits per heavy atom. The van der Waals surface area contributed by atoms with Gasteiger partial charge in [-0.3, -0.25) is 24.7 Å². The summed E-state index contributed by atoms with van der Waals surface area (Å²) in [7, 11) is 0. The first-order valence-electron chi connectivity index (χ1n) is 10.4. The van der Waals surface area contributed by atoms with Crippen molar-refractivity contribution in [1.82, 2.24) is 0 Å². The van der Waals surface area contributed by atoms with E-state index in [1.165, 1.54) is 12.1 Å². The molecule has 2 atom stereocenters. The van der Waals surface area contributed by atoms with E-state index in [-0.39, 0.29) is 16.9 Å². The molecule has 1 aromatic carbocycles. The van der Waals surface area contributed by atoms with Crippen molar-refractivity contribution >= 4 is 23.2 Å². The highest BCUT2D eigenvalue weighted by molar-refractivity contribution is 6.09. The van der Waals surface area contributed by atoms with E-state index < -0.39 is 22.7 Å². The van der Waals surface area contributed by atoms with Gasteiger partial charge in [-0.25, -0.2) is 0 Å². The molecule has 0 fully saturated rings. The van der Waals surface area contributed by atoms with E-state index in [1.807, 2.05) is 20.8 Å². The number of nitro groups is 1. The number of ether oxygens (including phenoxy) is 1. The molecule has 2 aliphatic rings. The first-order chi connectivity index (χ1) is 14.1. The molecule has 0 amide bonds. The number of allylic oxidation sites excluding steroid dienone is 2. The van der Waals surface area contributed by atoms with E-state index in [9.17, 15) is 19.7 Å². The van der Waals surface area contributed by atoms with Crippen LogP contribution in [0.15, 0.2) is 40.5 Å². The number of esters is 1. The average Bonchev–Trinajstić information content (AvgIpc) is 2.66. The summed E-state index contributed by atoms with van der Waals surface area (Å²) in [5.74, 6) is -1.69. The molecule has 3 rings (SSSR count). The molecule has 0 bridgehead atoms. The lowest BCUT2D eigenvalue weighted by Crippen LogP contribution is -2.39. The topological polar surface area (TPSA) is 98.9 Å². The van der Waals surface area contributed by atoms with E-state index in [4.69, 9.17) is 4.74 Å². The van der Waals surface area contributed by atoms with Gasteiger partial charge in [-0.15, -0.1) is 0 Å². The molecule has 0 aromatic heterocycles. The highest BCUT2D eigenvalue weighted by Gasteiger charge is 2.46. The number of nitro benzene ring substituents is 1. The Hall–Kier alpha value is -2.83. The number of Topliss-reactive ketones (excluding diaryl/α,β-unsaturated/α-hetero) is 1. The number of ketones is 1. The lowest BCUT2D eigenvalue weighted by molar-refractivity contribution is -0.384. The minimum atomic E-state index is -0.716. The summed E-state index contributed by atoms with van der Waals surface area (Å²) in [6.45, 7) is 8.19. The summed E-state index contributed by atoms with van der Waals surface area (Å²) in [4.78, 5) is 41.4. The standard InChI is InChI=1S/C23H28N2O5/c1-5-6-11-30-22(27)19-14(2)24-17-12-23(3,4)13-18(26)21(17)20(19)15-7-9-16(10-8-15)25(28)29/h7-10,19-20H,5-6,11-13H2,1-4H3/t19?,20-/m1/s1. The maximum Gasteiger partial charge on any atom is 0.315 e. The summed E-state index contributed by atoms with van der Waals surface area (Å²) in [5, 5.41) is 11.1. The fourth-order valence-electron chi connectivity index (χ4n) is 4.32. The second kappa shape index (κ2) is 8.50. The summed E-state index contributed by atoms with van der Waals surface area (Å²) < 4.78 is 5.50. The summed E-state index contributed by atoms with van der Waals surface area (Å²) in [5.41, 5.74) is 2.33. The molecule has 7 nitrogen and oxygen atoms in total. The highest BCUT2D eigenvalue weighted by atomic mass is 16.6. The quantitative estimate of drug-likeness (QED) is 0.290. The van der Waals surface area contributed by atoms with Crippen LogP contribution in [-0.2, 0) is 14.3 Å². The number of nitrogens with zero attached hydrogens (tertiary/aromatic N) is 2. The minimum absolute atomic E-state index is 0.0211. The van der Waals surface area contributed by atoms with E-state index >= 15 is 0 Å². The van der Waals surface area contributed by atoms with Crippen molar-refractivity contribution in [2.24, 2.45) is 16.3 Å². The van der Waals surface area contributed by atoms with Crippen molar-refractivity contribution in [3.63, 3.8) is 0 Å². The number of hydrogen-bond donors (Lipinski definition) is 0. The molecule has 30 heavy (non-hydrogen) atoms. The maximum atomic E-state index is 13.2. The molecule has 1 aliphatic carbocycles. The van der Waals surface area contributed by atoms with Crippen molar-refractivity contribution in [1.29, 1.82) is 0 Å². The second-order valence-corrected chi connectivity index (χ2v) is 8.88. The van der Waals surface area contributed by atoms with Gasteiger partial charge in [-0.05, 0) is 30.7 Å². The van der Waals surface area contributed by atoms with Crippen molar-refractivity contribution < 1.29 is 19.2 Å². The molecule has 1 heterocycles. The van der Waals surface area contributed by atoms with Crippen LogP contribution in [0, 0.1) is 21.4 Å². The average molecular weight is 412 g/mol. The number of hydrogen-bond acceptors (Lipinski definition) is 6. The molecule has 0 saturated carbocycles. The third-order valence-electron chi connectivity index (χ3n) is 5.76. The van der Waals surface area contributed by atoms with Gasteiger partial charge < -0.3 is 4.74 Å². The molecule has 0 radical (unpaired) electrons. The van der Waals surface area contributed by atoms with Crippen molar-refractivity contribution in [2.75, 3.05) is 6.61 Å². The van der Waals surface area contributed by atoms with Crippen LogP contribution in [-0.4, -0.2) is 29.0 Å². The van der Waals surface area contributed by atoms with Gasteiger partial charge in [0, 0.05) is 41.5 Å². The first kappa shape index (κ1) is 21.9. The fraction of sp³-hybridized carbons (Fsp3) is 0.522. The van der Waals surface area contributed by atoms with Crippen LogP contribution in [0.3, 0.4) is 0 Å². The predicted molar refractivity (Wildman–Crippen MR) is 113 cm³/mol. The van der Waals surface area contributed by atoms with E-state index in [0.29, 0.717) is 36.3 Å². The lowest BCUT2D eigenvalue weighted by atomic mass is 9.67. The molecule has 1 aromatic rings. The zero-order chi connectivity index (χ0) is 22.1. The Morgan fingerprint density at radius 2 is 1.93 bits per heavy atom. The van der Waals surface area contributed by atoms with Crippen LogP contribution in [0.4, 0.5) is 5.69 Å². The van der Waals surface area contributed by atoms with Gasteiger partial charge in [-0.1, -0.05) is 39.3 Å². The van der Waals surface area contributed by atoms with Gasteiger partial charge in [0.2, 0.25) is 0 Å². The minimum Gasteiger partial charge on any atom is -0.465 e. The van der Waals surface area contributed by atoms with Gasteiger partial charge in [0.15, 0.2) is 5.78 Å². The molecule has 0 N–H and O–H groups in total. The molecular formula is C23H28N2O5. The van der Waals surface area contributed by atoms with Crippen LogP contribution in [0.5, 0.6) is 0 Å². The summed E-state index contributed by atoms with van der Waals surface area (Å²) in [6.07, 6.45) is 2.69. The van der Waals surface area contributed by atoms with Crippen LogP contribution < -0.4 is 0 Å². The first-order valence-corrected chi connectivity index (χ1v) is 10.4. The van der Waals surface area contributed by atoms with Gasteiger partial charge in [-0.2, -0.15) is 0 Å². The predicted octanol–water partition coefficient (Wildman–Crippen LogP) is 4.76. The van der Waals surface area contributed by atoms with Gasteiger partial charge in [0.25, 0.3) is 5.69 Å². The molecule has 1 unspecified atom stereocenters. The monoisotopic (exact) mass is 412 g/mol. The fourth-order valence-corrected chi connectivity index (χ4v) is 4.32. The number of non-ortho nitro benzene ring substituents is 1. The molecule has 0 spiro atoms. The normalized spacial score (nSPS) is 22.9. The highest BCUT2D eigenvalue weighted by Crippen LogP contribution is 2.48. The zero-order valence-corrected chi connectivity index (χ0v) is 17.9. The number of benzene rings is 1. The Labute approximate surface area is 176 Å². The number of aliphatic imine (C=N–C) groups is 1. The van der Waals surface area contributed by atoms with E-state index in [0.717, 1.165) is 18.5 Å². The van der Waals surface area contributed by atoms with Crippen LogP contribution in [0.25, 0.3) is 0 Å². The Balaban J connectivity index is 2.07. The second-order valence-electron chi connectivity index (χ2n) is 8.88. The van der Waals surface area contributed by atoms with Gasteiger partial charge >= 0.3 is 5.97 Å². The van der Waals surface area contributed by atoms with Crippen molar-refractivity contribution in [2.45, 2.75) is 59.3 Å². The Morgan fingerprint density at radius 1 is 1.27 bits per heavy atom. The molecule has 160 valence electrons. The zero-order valence-electron chi connectivity index (χ0n) is 17.9. The Bertz CT molecular complexity index is 927. The smallest absolute Gasteiger partial charge is 0.315 e. The van der Waals surface area contributed by atoms with E-state index in [1.54, 1.807) is 19.1 Å². The third kappa shape index (κ3) is 4.35. The summed E-state index contributed by atoms with van der Waals surface area (Å²) in [6, 6.07) is 6.08. The maximum absolute atomic E-state index is 13.2. The number of carbonyl (C=O) groups is 2. The number of rotatable bonds is 6. The van der Waals surface area contributed by atoms with Crippen molar-refractivity contribution in [3.05, 3.63) is 51.2 Å². The molecule has 1 aliphatic heterocycles. The van der Waals surface area contributed by atoms with E-state index in [2.05, 4.69) is 4.99 Å². The van der Waals surface area contributed by atoms with Crippen LogP contribution in [0.1, 0.15) is 64.9 Å².